The largest absolute Gasteiger partial charge is 0.481 e. The molecular formula is C19H27N3O4. The molecule has 1 aliphatic heterocycles. The topological polar surface area (TPSA) is 113 Å². The minimum atomic E-state index is -0.885. The summed E-state index contributed by atoms with van der Waals surface area (Å²) < 4.78 is 0. The van der Waals surface area contributed by atoms with Crippen LogP contribution in [0.25, 0.3) is 0 Å². The predicted octanol–water partition coefficient (Wildman–Crippen LogP) is 0.919. The maximum Gasteiger partial charge on any atom is 0.303 e. The van der Waals surface area contributed by atoms with Crippen LogP contribution in [0, 0.1) is 0 Å². The van der Waals surface area contributed by atoms with E-state index in [4.69, 9.17) is 10.8 Å². The molecular weight excluding hydrogens is 334 g/mol. The van der Waals surface area contributed by atoms with Gasteiger partial charge in [0.2, 0.25) is 11.8 Å². The van der Waals surface area contributed by atoms with Gasteiger partial charge >= 0.3 is 5.97 Å². The van der Waals surface area contributed by atoms with E-state index in [-0.39, 0.29) is 30.7 Å². The number of amides is 2. The van der Waals surface area contributed by atoms with Crippen molar-refractivity contribution in [3.05, 3.63) is 35.9 Å². The van der Waals surface area contributed by atoms with Gasteiger partial charge in [0.1, 0.15) is 6.04 Å². The van der Waals surface area contributed by atoms with Gasteiger partial charge in [-0.1, -0.05) is 30.3 Å². The maximum atomic E-state index is 12.6. The van der Waals surface area contributed by atoms with Crippen molar-refractivity contribution < 1.29 is 19.5 Å². The van der Waals surface area contributed by atoms with Crippen LogP contribution in [0.15, 0.2) is 30.3 Å². The monoisotopic (exact) mass is 361 g/mol. The number of carboxylic acids is 1. The Morgan fingerprint density at radius 2 is 2.00 bits per heavy atom. The van der Waals surface area contributed by atoms with Crippen molar-refractivity contribution in [1.82, 2.24) is 10.2 Å². The van der Waals surface area contributed by atoms with Gasteiger partial charge in [-0.25, -0.2) is 0 Å². The summed E-state index contributed by atoms with van der Waals surface area (Å²) in [7, 11) is 0. The average Bonchev–Trinajstić information content (AvgIpc) is 3.09. The van der Waals surface area contributed by atoms with Gasteiger partial charge in [-0.2, -0.15) is 0 Å². The molecule has 2 amide bonds. The molecule has 7 nitrogen and oxygen atoms in total. The highest BCUT2D eigenvalue weighted by atomic mass is 16.4. The van der Waals surface area contributed by atoms with Gasteiger partial charge in [-0.15, -0.1) is 0 Å². The molecule has 0 spiro atoms. The number of nitrogens with two attached hydrogens (primary N) is 1. The van der Waals surface area contributed by atoms with Crippen molar-refractivity contribution >= 4 is 17.8 Å². The lowest BCUT2D eigenvalue weighted by Gasteiger charge is -2.25. The Balaban J connectivity index is 1.81. The number of carbonyl (C=O) groups excluding carboxylic acids is 2. The van der Waals surface area contributed by atoms with Gasteiger partial charge in [-0.3, -0.25) is 14.4 Å². The third-order valence-electron chi connectivity index (χ3n) is 4.52. The lowest BCUT2D eigenvalue weighted by Crippen LogP contribution is -2.47. The number of rotatable bonds is 9. The highest BCUT2D eigenvalue weighted by molar-refractivity contribution is 5.88. The molecule has 0 saturated carbocycles. The van der Waals surface area contributed by atoms with Crippen LogP contribution in [0.5, 0.6) is 0 Å². The summed E-state index contributed by atoms with van der Waals surface area (Å²) >= 11 is 0. The number of hydrogen-bond donors (Lipinski definition) is 3. The van der Waals surface area contributed by atoms with Gasteiger partial charge < -0.3 is 21.1 Å². The molecule has 0 aliphatic carbocycles. The summed E-state index contributed by atoms with van der Waals surface area (Å²) in [4.78, 5) is 37.0. The number of nitrogens with one attached hydrogen (secondary N) is 1. The minimum Gasteiger partial charge on any atom is -0.481 e. The van der Waals surface area contributed by atoms with E-state index >= 15 is 0 Å². The van der Waals surface area contributed by atoms with Gasteiger partial charge in [0.15, 0.2) is 0 Å². The van der Waals surface area contributed by atoms with Gasteiger partial charge in [0, 0.05) is 32.0 Å². The number of aliphatic carboxylic acids is 1. The van der Waals surface area contributed by atoms with E-state index in [1.54, 1.807) is 4.90 Å². The molecule has 1 aromatic rings. The first kappa shape index (κ1) is 19.9. The van der Waals surface area contributed by atoms with Gasteiger partial charge in [0.25, 0.3) is 0 Å². The normalized spacial score (nSPS) is 17.7. The Morgan fingerprint density at radius 1 is 1.27 bits per heavy atom. The Bertz CT molecular complexity index is 620. The fourth-order valence-electron chi connectivity index (χ4n) is 3.24. The van der Waals surface area contributed by atoms with E-state index in [0.717, 1.165) is 12.0 Å². The van der Waals surface area contributed by atoms with Crippen molar-refractivity contribution in [2.75, 3.05) is 13.1 Å². The smallest absolute Gasteiger partial charge is 0.303 e. The standard InChI is InChI=1S/C19H27N3O4/c20-15(12-14-6-2-1-3-7-14)13-17(23)22-11-5-8-16(22)19(26)21-10-4-9-18(24)25/h1-3,6-7,15-16H,4-5,8-13,20H2,(H,21,26)(H,24,25)/t15-,16+/m1/s1. The van der Waals surface area contributed by atoms with Crippen LogP contribution in [0.3, 0.4) is 0 Å². The van der Waals surface area contributed by atoms with Crippen LogP contribution in [0.1, 0.15) is 37.7 Å². The Morgan fingerprint density at radius 3 is 2.69 bits per heavy atom. The molecule has 2 rings (SSSR count). The van der Waals surface area contributed by atoms with Crippen LogP contribution in [0.4, 0.5) is 0 Å². The lowest BCUT2D eigenvalue weighted by molar-refractivity contribution is -0.138. The second kappa shape index (κ2) is 9.91. The van der Waals surface area contributed by atoms with E-state index in [0.29, 0.717) is 32.4 Å². The molecule has 142 valence electrons. The third-order valence-corrected chi connectivity index (χ3v) is 4.52. The van der Waals surface area contributed by atoms with Crippen molar-refractivity contribution in [3.8, 4) is 0 Å². The molecule has 0 aromatic heterocycles. The van der Waals surface area contributed by atoms with Crippen molar-refractivity contribution in [2.24, 2.45) is 5.73 Å². The molecule has 0 radical (unpaired) electrons. The highest BCUT2D eigenvalue weighted by Crippen LogP contribution is 2.19. The lowest BCUT2D eigenvalue weighted by atomic mass is 10.0. The maximum absolute atomic E-state index is 12.6. The van der Waals surface area contributed by atoms with Gasteiger partial charge in [0.05, 0.1) is 0 Å². The Kier molecular flexibility index (Phi) is 7.59. The summed E-state index contributed by atoms with van der Waals surface area (Å²) in [6.07, 6.45) is 2.63. The zero-order valence-corrected chi connectivity index (χ0v) is 14.9. The van der Waals surface area contributed by atoms with Crippen LogP contribution in [-0.2, 0) is 20.8 Å². The summed E-state index contributed by atoms with van der Waals surface area (Å²) in [6.45, 7) is 0.862. The molecule has 2 atom stereocenters. The molecule has 4 N–H and O–H groups in total. The molecule has 1 aliphatic rings. The number of likely N-dealkylation sites (tertiary alicyclic amines) is 1. The van der Waals surface area contributed by atoms with E-state index < -0.39 is 12.0 Å². The summed E-state index contributed by atoms with van der Waals surface area (Å²) in [5.41, 5.74) is 7.20. The third kappa shape index (κ3) is 6.15. The van der Waals surface area contributed by atoms with Crippen molar-refractivity contribution in [2.45, 2.75) is 50.6 Å². The number of carboxylic acid groups (broad SMARTS) is 1. The van der Waals surface area contributed by atoms with Crippen LogP contribution in [-0.4, -0.2) is 53.0 Å². The predicted molar refractivity (Wildman–Crippen MR) is 97.4 cm³/mol. The fraction of sp³-hybridized carbons (Fsp3) is 0.526. The van der Waals surface area contributed by atoms with Gasteiger partial charge in [-0.05, 0) is 31.2 Å². The number of nitrogens with zero attached hydrogens (tertiary/aromatic N) is 1. The number of hydrogen-bond acceptors (Lipinski definition) is 4. The highest BCUT2D eigenvalue weighted by Gasteiger charge is 2.34. The minimum absolute atomic E-state index is 0.0158. The molecule has 0 bridgehead atoms. The molecule has 1 saturated heterocycles. The summed E-state index contributed by atoms with van der Waals surface area (Å²) in [5.74, 6) is -1.20. The first-order valence-corrected chi connectivity index (χ1v) is 9.06. The number of benzene rings is 1. The number of carbonyl (C=O) groups is 3. The van der Waals surface area contributed by atoms with Crippen LogP contribution >= 0.6 is 0 Å². The zero-order chi connectivity index (χ0) is 18.9. The van der Waals surface area contributed by atoms with Crippen molar-refractivity contribution in [3.63, 3.8) is 0 Å². The quantitative estimate of drug-likeness (QED) is 0.566. The van der Waals surface area contributed by atoms with Crippen LogP contribution in [0.2, 0.25) is 0 Å². The Labute approximate surface area is 153 Å². The second-order valence-electron chi connectivity index (χ2n) is 6.69. The second-order valence-corrected chi connectivity index (χ2v) is 6.69. The van der Waals surface area contributed by atoms with Crippen molar-refractivity contribution in [1.29, 1.82) is 0 Å². The molecule has 0 unspecified atom stereocenters. The molecule has 1 heterocycles. The summed E-state index contributed by atoms with van der Waals surface area (Å²) in [6, 6.07) is 9.01. The summed E-state index contributed by atoms with van der Waals surface area (Å²) in [5, 5.41) is 11.3. The van der Waals surface area contributed by atoms with E-state index in [2.05, 4.69) is 5.32 Å². The molecule has 26 heavy (non-hydrogen) atoms. The van der Waals surface area contributed by atoms with E-state index in [1.807, 2.05) is 30.3 Å². The van der Waals surface area contributed by atoms with E-state index in [9.17, 15) is 14.4 Å². The molecule has 1 fully saturated rings. The molecule has 7 heteroatoms. The molecule has 1 aromatic carbocycles. The SMILES string of the molecule is N[C@@H](CC(=O)N1CCC[C@H]1C(=O)NCCCC(=O)O)Cc1ccccc1. The first-order valence-electron chi connectivity index (χ1n) is 9.06. The fourth-order valence-corrected chi connectivity index (χ4v) is 3.24. The Hall–Kier alpha value is -2.41. The zero-order valence-electron chi connectivity index (χ0n) is 14.9. The van der Waals surface area contributed by atoms with Crippen LogP contribution < -0.4 is 11.1 Å². The first-order chi connectivity index (χ1) is 12.5. The van der Waals surface area contributed by atoms with E-state index in [1.165, 1.54) is 0 Å². The average molecular weight is 361 g/mol.